The average Bonchev–Trinajstić information content (AvgIpc) is 3.12. The van der Waals surface area contributed by atoms with E-state index in [-0.39, 0.29) is 17.9 Å². The Balaban J connectivity index is 1.46. The van der Waals surface area contributed by atoms with Gasteiger partial charge in [0.2, 0.25) is 6.08 Å². The molecule has 2 N–H and O–H groups in total. The monoisotopic (exact) mass is 420 g/mol. The van der Waals surface area contributed by atoms with E-state index in [9.17, 15) is 14.4 Å². The highest BCUT2D eigenvalue weighted by atomic mass is 32.1. The van der Waals surface area contributed by atoms with Crippen LogP contribution in [0.4, 0.5) is 9.93 Å². The predicted molar refractivity (Wildman–Crippen MR) is 110 cm³/mol. The van der Waals surface area contributed by atoms with Gasteiger partial charge in [-0.3, -0.25) is 10.1 Å². The van der Waals surface area contributed by atoms with Crippen LogP contribution in [0.5, 0.6) is 0 Å². The molecule has 2 aliphatic rings. The van der Waals surface area contributed by atoms with Crippen LogP contribution in [0.1, 0.15) is 49.6 Å². The lowest BCUT2D eigenvalue weighted by atomic mass is 9.81. The molecule has 0 radical (unpaired) electrons. The summed E-state index contributed by atoms with van der Waals surface area (Å²) in [6, 6.07) is -0.258. The van der Waals surface area contributed by atoms with Crippen molar-refractivity contribution in [1.82, 2.24) is 10.3 Å². The maximum Gasteiger partial charge on any atom is 0.321 e. The number of carbonyl (C=O) groups excluding carboxylic acids is 3. The predicted octanol–water partition coefficient (Wildman–Crippen LogP) is 3.07. The van der Waals surface area contributed by atoms with Crippen LogP contribution in [0.15, 0.2) is 4.99 Å². The zero-order chi connectivity index (χ0) is 20.6. The zero-order valence-electron chi connectivity index (χ0n) is 16.7. The topological polar surface area (TPSA) is 110 Å². The van der Waals surface area contributed by atoms with E-state index in [1.165, 1.54) is 11.3 Å². The molecule has 0 aromatic carbocycles. The van der Waals surface area contributed by atoms with Gasteiger partial charge >= 0.3 is 12.0 Å². The Bertz CT molecular complexity index is 775. The molecular formula is C20H28N4O4S. The number of isocyanates is 1. The smallest absolute Gasteiger partial charge is 0.321 e. The van der Waals surface area contributed by atoms with Crippen molar-refractivity contribution in [1.29, 1.82) is 0 Å². The molecule has 0 aliphatic heterocycles. The molecule has 1 saturated carbocycles. The number of amides is 2. The Morgan fingerprint density at radius 2 is 2.14 bits per heavy atom. The van der Waals surface area contributed by atoms with E-state index in [1.807, 2.05) is 6.92 Å². The number of anilines is 1. The van der Waals surface area contributed by atoms with Crippen LogP contribution in [0.3, 0.4) is 0 Å². The Labute approximate surface area is 174 Å². The molecule has 2 aliphatic carbocycles. The van der Waals surface area contributed by atoms with Crippen molar-refractivity contribution < 1.29 is 19.1 Å². The maximum absolute atomic E-state index is 12.3. The largest absolute Gasteiger partial charge is 0.466 e. The van der Waals surface area contributed by atoms with Crippen LogP contribution in [-0.4, -0.2) is 42.8 Å². The number of nitrogens with one attached hydrogen (secondary N) is 2. The highest BCUT2D eigenvalue weighted by Crippen LogP contribution is 2.33. The fourth-order valence-corrected chi connectivity index (χ4v) is 5.27. The molecule has 3 rings (SSSR count). The van der Waals surface area contributed by atoms with Gasteiger partial charge < -0.3 is 10.1 Å². The second kappa shape index (κ2) is 10.5. The summed E-state index contributed by atoms with van der Waals surface area (Å²) >= 11 is 1.43. The van der Waals surface area contributed by atoms with Crippen molar-refractivity contribution in [2.45, 2.75) is 51.9 Å². The Morgan fingerprint density at radius 1 is 1.31 bits per heavy atom. The van der Waals surface area contributed by atoms with Gasteiger partial charge in [-0.1, -0.05) is 6.42 Å². The number of hydrogen-bond acceptors (Lipinski definition) is 7. The third-order valence-corrected chi connectivity index (χ3v) is 6.67. The molecule has 1 heterocycles. The number of rotatable bonds is 7. The van der Waals surface area contributed by atoms with Gasteiger partial charge in [-0.05, 0) is 57.3 Å². The molecule has 0 spiro atoms. The number of aryl methyl sites for hydroxylation is 1. The third kappa shape index (κ3) is 6.11. The normalized spacial score (nSPS) is 23.4. The number of nitrogens with zero attached hydrogens (tertiary/aromatic N) is 2. The second-order valence-electron chi connectivity index (χ2n) is 7.75. The number of urea groups is 1. The summed E-state index contributed by atoms with van der Waals surface area (Å²) in [4.78, 5) is 43.8. The van der Waals surface area contributed by atoms with Crippen LogP contribution in [0.2, 0.25) is 0 Å². The standard InChI is InChI=1S/C20H28N4O4S/c1-2-28-18(26)15-6-7-16-17(9-15)29-20(23-16)24-19(27)22-11-14-5-3-4-13(8-14)10-21-12-25/h13-15H,2-11H2,1H3,(H2,22,23,24,27). The number of esters is 1. The van der Waals surface area contributed by atoms with E-state index in [4.69, 9.17) is 4.74 Å². The number of carbonyl (C=O) groups is 2. The van der Waals surface area contributed by atoms with Crippen LogP contribution in [0.25, 0.3) is 0 Å². The van der Waals surface area contributed by atoms with Gasteiger partial charge in [0, 0.05) is 11.4 Å². The first-order chi connectivity index (χ1) is 14.1. The van der Waals surface area contributed by atoms with Crippen molar-refractivity contribution in [3.63, 3.8) is 0 Å². The molecule has 1 aromatic rings. The maximum atomic E-state index is 12.3. The van der Waals surface area contributed by atoms with Crippen molar-refractivity contribution in [3.05, 3.63) is 10.6 Å². The van der Waals surface area contributed by atoms with E-state index in [2.05, 4.69) is 20.6 Å². The fraction of sp³-hybridized carbons (Fsp3) is 0.700. The van der Waals surface area contributed by atoms with Gasteiger partial charge in [-0.15, -0.1) is 11.3 Å². The van der Waals surface area contributed by atoms with E-state index >= 15 is 0 Å². The first-order valence-electron chi connectivity index (χ1n) is 10.3. The van der Waals surface area contributed by atoms with Gasteiger partial charge in [0.1, 0.15) is 0 Å². The number of aromatic nitrogens is 1. The Kier molecular flexibility index (Phi) is 7.77. The zero-order valence-corrected chi connectivity index (χ0v) is 17.6. The van der Waals surface area contributed by atoms with Gasteiger partial charge in [0.15, 0.2) is 5.13 Å². The van der Waals surface area contributed by atoms with Gasteiger partial charge in [0.05, 0.1) is 24.8 Å². The summed E-state index contributed by atoms with van der Waals surface area (Å²) in [6.07, 6.45) is 7.90. The molecule has 1 fully saturated rings. The van der Waals surface area contributed by atoms with Crippen LogP contribution in [-0.2, 0) is 27.2 Å². The van der Waals surface area contributed by atoms with Gasteiger partial charge in [-0.2, -0.15) is 0 Å². The van der Waals surface area contributed by atoms with E-state index in [0.29, 0.717) is 43.1 Å². The summed E-state index contributed by atoms with van der Waals surface area (Å²) in [5.74, 6) is 0.532. The highest BCUT2D eigenvalue weighted by molar-refractivity contribution is 7.15. The summed E-state index contributed by atoms with van der Waals surface area (Å²) in [5, 5.41) is 6.33. The first-order valence-corrected chi connectivity index (χ1v) is 11.1. The van der Waals surface area contributed by atoms with Crippen LogP contribution < -0.4 is 10.6 Å². The molecule has 3 unspecified atom stereocenters. The fourth-order valence-electron chi connectivity index (χ4n) is 4.19. The minimum Gasteiger partial charge on any atom is -0.466 e. The average molecular weight is 421 g/mol. The number of fused-ring (bicyclic) bond motifs is 1. The molecule has 1 aromatic heterocycles. The quantitative estimate of drug-likeness (QED) is 0.400. The van der Waals surface area contributed by atoms with Gasteiger partial charge in [0.25, 0.3) is 0 Å². The molecule has 0 bridgehead atoms. The first kappa shape index (κ1) is 21.5. The van der Waals surface area contributed by atoms with Crippen LogP contribution >= 0.6 is 11.3 Å². The molecule has 9 heteroatoms. The van der Waals surface area contributed by atoms with E-state index in [1.54, 1.807) is 6.08 Å². The van der Waals surface area contributed by atoms with Gasteiger partial charge in [-0.25, -0.2) is 19.6 Å². The SMILES string of the molecule is CCOC(=O)C1CCc2nc(NC(=O)NCC3CCCC(CN=C=O)C3)sc2C1. The molecule has 2 amide bonds. The second-order valence-corrected chi connectivity index (χ2v) is 8.83. The third-order valence-electron chi connectivity index (χ3n) is 5.64. The van der Waals surface area contributed by atoms with E-state index < -0.39 is 0 Å². The number of ether oxygens (including phenoxy) is 1. The summed E-state index contributed by atoms with van der Waals surface area (Å²) in [7, 11) is 0. The van der Waals surface area contributed by atoms with Crippen molar-refractivity contribution in [3.8, 4) is 0 Å². The number of thiazole rings is 1. The molecule has 158 valence electrons. The summed E-state index contributed by atoms with van der Waals surface area (Å²) in [5.41, 5.74) is 0.969. The molecule has 3 atom stereocenters. The Morgan fingerprint density at radius 3 is 2.93 bits per heavy atom. The molecule has 8 nitrogen and oxygen atoms in total. The van der Waals surface area contributed by atoms with Crippen molar-refractivity contribution in [2.24, 2.45) is 22.7 Å². The Hall–Kier alpha value is -2.25. The summed E-state index contributed by atoms with van der Waals surface area (Å²) in [6.45, 7) is 3.34. The lowest BCUT2D eigenvalue weighted by molar-refractivity contribution is -0.148. The molecular weight excluding hydrogens is 392 g/mol. The van der Waals surface area contributed by atoms with Crippen LogP contribution in [0, 0.1) is 17.8 Å². The van der Waals surface area contributed by atoms with E-state index in [0.717, 1.165) is 49.1 Å². The van der Waals surface area contributed by atoms with Crippen molar-refractivity contribution >= 4 is 34.5 Å². The minimum atomic E-state index is -0.258. The minimum absolute atomic E-state index is 0.118. The lowest BCUT2D eigenvalue weighted by Gasteiger charge is -2.27. The molecule has 0 saturated heterocycles. The highest BCUT2D eigenvalue weighted by Gasteiger charge is 2.29. The number of aliphatic imine (C=N–C) groups is 1. The number of hydrogen-bond donors (Lipinski definition) is 2. The molecule has 29 heavy (non-hydrogen) atoms. The lowest BCUT2D eigenvalue weighted by Crippen LogP contribution is -2.35. The summed E-state index contributed by atoms with van der Waals surface area (Å²) < 4.78 is 5.13. The van der Waals surface area contributed by atoms with Crippen molar-refractivity contribution in [2.75, 3.05) is 25.0 Å².